The molecule has 1 saturated heterocycles. The zero-order valence-corrected chi connectivity index (χ0v) is 8.19. The maximum absolute atomic E-state index is 12.1. The second-order valence-corrected chi connectivity index (χ2v) is 4.03. The van der Waals surface area contributed by atoms with Gasteiger partial charge in [0.25, 0.3) is 0 Å². The molecule has 0 aromatic rings. The number of nitrogens with one attached hydrogen (secondary N) is 1. The van der Waals surface area contributed by atoms with Crippen molar-refractivity contribution in [3.8, 4) is 0 Å². The lowest BCUT2D eigenvalue weighted by Gasteiger charge is -2.32. The van der Waals surface area contributed by atoms with E-state index in [-0.39, 0.29) is 12.0 Å². The molecule has 0 bridgehead atoms. The molecule has 1 rings (SSSR count). The van der Waals surface area contributed by atoms with E-state index < -0.39 is 24.4 Å². The van der Waals surface area contributed by atoms with Crippen molar-refractivity contribution in [1.29, 1.82) is 0 Å². The summed E-state index contributed by atoms with van der Waals surface area (Å²) in [4.78, 5) is 11.2. The van der Waals surface area contributed by atoms with Gasteiger partial charge in [0.2, 0.25) is 5.91 Å². The number of hydrogen-bond donors (Lipinski definition) is 1. The predicted octanol–water partition coefficient (Wildman–Crippen LogP) is 2.10. The van der Waals surface area contributed by atoms with Crippen LogP contribution < -0.4 is 5.32 Å². The van der Waals surface area contributed by atoms with Crippen molar-refractivity contribution >= 4 is 5.91 Å². The molecule has 2 nitrogen and oxygen atoms in total. The third-order valence-electron chi connectivity index (χ3n) is 2.73. The normalized spacial score (nSPS) is 34.1. The van der Waals surface area contributed by atoms with Crippen molar-refractivity contribution in [3.63, 3.8) is 0 Å². The van der Waals surface area contributed by atoms with Crippen LogP contribution in [0.25, 0.3) is 0 Å². The molecule has 0 aliphatic carbocycles. The van der Waals surface area contributed by atoms with Crippen molar-refractivity contribution in [2.45, 2.75) is 38.9 Å². The van der Waals surface area contributed by atoms with Crippen molar-refractivity contribution in [3.05, 3.63) is 0 Å². The van der Waals surface area contributed by atoms with E-state index >= 15 is 0 Å². The van der Waals surface area contributed by atoms with Crippen LogP contribution in [-0.4, -0.2) is 18.1 Å². The molecule has 1 N–H and O–H groups in total. The smallest absolute Gasteiger partial charge is 0.353 e. The maximum Gasteiger partial charge on any atom is 0.389 e. The van der Waals surface area contributed by atoms with Crippen LogP contribution in [0.5, 0.6) is 0 Å². The number of carbonyl (C=O) groups is 1. The van der Waals surface area contributed by atoms with E-state index in [1.165, 1.54) is 0 Å². The van der Waals surface area contributed by atoms with E-state index in [0.717, 1.165) is 0 Å². The van der Waals surface area contributed by atoms with Gasteiger partial charge in [-0.05, 0) is 19.3 Å². The highest BCUT2D eigenvalue weighted by Crippen LogP contribution is 2.31. The molecular weight excluding hydrogens is 195 g/mol. The van der Waals surface area contributed by atoms with Crippen LogP contribution in [-0.2, 0) is 4.79 Å². The van der Waals surface area contributed by atoms with Gasteiger partial charge >= 0.3 is 6.18 Å². The SMILES string of the molecule is CC1CC(CC(F)(F)F)C(=O)NC1C. The number of halogens is 3. The molecule has 1 aliphatic heterocycles. The lowest BCUT2D eigenvalue weighted by Crippen LogP contribution is -2.48. The van der Waals surface area contributed by atoms with Crippen molar-refractivity contribution < 1.29 is 18.0 Å². The third kappa shape index (κ3) is 2.89. The Morgan fingerprint density at radius 3 is 2.50 bits per heavy atom. The summed E-state index contributed by atoms with van der Waals surface area (Å²) in [5.74, 6) is -1.26. The summed E-state index contributed by atoms with van der Waals surface area (Å²) < 4.78 is 36.2. The van der Waals surface area contributed by atoms with Gasteiger partial charge in [0.1, 0.15) is 0 Å². The molecule has 0 aromatic carbocycles. The van der Waals surface area contributed by atoms with Gasteiger partial charge in [-0.25, -0.2) is 0 Å². The molecule has 5 heteroatoms. The van der Waals surface area contributed by atoms with Crippen LogP contribution in [0.2, 0.25) is 0 Å². The highest BCUT2D eigenvalue weighted by Gasteiger charge is 2.39. The van der Waals surface area contributed by atoms with Crippen LogP contribution in [0.4, 0.5) is 13.2 Å². The molecule has 0 saturated carbocycles. The van der Waals surface area contributed by atoms with Gasteiger partial charge in [0.05, 0.1) is 6.42 Å². The number of alkyl halides is 3. The summed E-state index contributed by atoms with van der Waals surface area (Å²) in [6.07, 6.45) is -4.93. The maximum atomic E-state index is 12.1. The van der Waals surface area contributed by atoms with Crippen LogP contribution in [0.1, 0.15) is 26.7 Å². The fourth-order valence-electron chi connectivity index (χ4n) is 1.70. The van der Waals surface area contributed by atoms with Gasteiger partial charge in [0.15, 0.2) is 0 Å². The average Bonchev–Trinajstić information content (AvgIpc) is 1.97. The Hall–Kier alpha value is -0.740. The van der Waals surface area contributed by atoms with Crippen molar-refractivity contribution in [2.75, 3.05) is 0 Å². The number of rotatable bonds is 1. The molecule has 14 heavy (non-hydrogen) atoms. The van der Waals surface area contributed by atoms with Crippen LogP contribution in [0, 0.1) is 11.8 Å². The molecule has 3 atom stereocenters. The zero-order valence-electron chi connectivity index (χ0n) is 8.19. The van der Waals surface area contributed by atoms with Gasteiger partial charge < -0.3 is 5.32 Å². The summed E-state index contributed by atoms with van der Waals surface area (Å²) in [5.41, 5.74) is 0. The van der Waals surface area contributed by atoms with Gasteiger partial charge in [0, 0.05) is 12.0 Å². The second kappa shape index (κ2) is 3.79. The second-order valence-electron chi connectivity index (χ2n) is 4.03. The summed E-state index contributed by atoms with van der Waals surface area (Å²) in [7, 11) is 0. The number of amides is 1. The summed E-state index contributed by atoms with van der Waals surface area (Å²) in [5, 5.41) is 2.56. The van der Waals surface area contributed by atoms with E-state index in [1.54, 1.807) is 0 Å². The highest BCUT2D eigenvalue weighted by molar-refractivity contribution is 5.79. The molecule has 0 spiro atoms. The first-order valence-electron chi connectivity index (χ1n) is 4.66. The number of piperidine rings is 1. The predicted molar refractivity (Wildman–Crippen MR) is 45.5 cm³/mol. The summed E-state index contributed by atoms with van der Waals surface area (Å²) in [6.45, 7) is 3.67. The summed E-state index contributed by atoms with van der Waals surface area (Å²) in [6, 6.07) is -0.0213. The average molecular weight is 209 g/mol. The molecule has 3 unspecified atom stereocenters. The van der Waals surface area contributed by atoms with Crippen LogP contribution in [0.15, 0.2) is 0 Å². The minimum absolute atomic E-state index is 0.0213. The molecule has 0 aromatic heterocycles. The quantitative estimate of drug-likeness (QED) is 0.704. The zero-order chi connectivity index (χ0) is 10.9. The first kappa shape index (κ1) is 11.3. The van der Waals surface area contributed by atoms with Gasteiger partial charge in [-0.15, -0.1) is 0 Å². The van der Waals surface area contributed by atoms with Crippen LogP contribution >= 0.6 is 0 Å². The minimum atomic E-state index is -4.25. The third-order valence-corrected chi connectivity index (χ3v) is 2.73. The Morgan fingerprint density at radius 2 is 2.00 bits per heavy atom. The molecule has 1 fully saturated rings. The lowest BCUT2D eigenvalue weighted by atomic mass is 9.84. The minimum Gasteiger partial charge on any atom is -0.353 e. The Labute approximate surface area is 80.9 Å². The Morgan fingerprint density at radius 1 is 1.43 bits per heavy atom. The fourth-order valence-corrected chi connectivity index (χ4v) is 1.70. The standard InChI is InChI=1S/C9H14F3NO/c1-5-3-7(4-9(10,11)12)8(14)13-6(5)2/h5-7H,3-4H2,1-2H3,(H,13,14). The molecule has 82 valence electrons. The molecule has 1 aliphatic rings. The van der Waals surface area contributed by atoms with Crippen LogP contribution in [0.3, 0.4) is 0 Å². The summed E-state index contributed by atoms with van der Waals surface area (Å²) >= 11 is 0. The fraction of sp³-hybridized carbons (Fsp3) is 0.889. The van der Waals surface area contributed by atoms with E-state index in [1.807, 2.05) is 13.8 Å². The van der Waals surface area contributed by atoms with Gasteiger partial charge in [-0.2, -0.15) is 13.2 Å². The lowest BCUT2D eigenvalue weighted by molar-refractivity contribution is -0.158. The molecule has 1 amide bonds. The monoisotopic (exact) mass is 209 g/mol. The largest absolute Gasteiger partial charge is 0.389 e. The van der Waals surface area contributed by atoms with E-state index in [9.17, 15) is 18.0 Å². The molecule has 0 radical (unpaired) electrons. The van der Waals surface area contributed by atoms with Crippen molar-refractivity contribution in [2.24, 2.45) is 11.8 Å². The molecule has 1 heterocycles. The highest BCUT2D eigenvalue weighted by atomic mass is 19.4. The van der Waals surface area contributed by atoms with Gasteiger partial charge in [-0.3, -0.25) is 4.79 Å². The first-order chi connectivity index (χ1) is 6.29. The van der Waals surface area contributed by atoms with Gasteiger partial charge in [-0.1, -0.05) is 6.92 Å². The van der Waals surface area contributed by atoms with Crippen molar-refractivity contribution in [1.82, 2.24) is 5.32 Å². The Bertz CT molecular complexity index is 227. The Balaban J connectivity index is 2.58. The number of hydrogen-bond acceptors (Lipinski definition) is 1. The first-order valence-corrected chi connectivity index (χ1v) is 4.66. The van der Waals surface area contributed by atoms with E-state index in [2.05, 4.69) is 5.32 Å². The molecular formula is C9H14F3NO. The Kier molecular flexibility index (Phi) is 3.07. The van der Waals surface area contributed by atoms with E-state index in [0.29, 0.717) is 6.42 Å². The topological polar surface area (TPSA) is 29.1 Å². The number of carbonyl (C=O) groups excluding carboxylic acids is 1. The van der Waals surface area contributed by atoms with E-state index in [4.69, 9.17) is 0 Å².